The van der Waals surface area contributed by atoms with Crippen molar-refractivity contribution in [1.29, 1.82) is 0 Å². The maximum Gasteiger partial charge on any atom is 0.225 e. The number of aliphatic imine (C=N–C) groups is 1. The number of nitrogens with one attached hydrogen (secondary N) is 1. The summed E-state index contributed by atoms with van der Waals surface area (Å²) in [6.07, 6.45) is 3.90. The molecule has 8 heteroatoms. The maximum atomic E-state index is 12.6. The SMILES string of the molecule is CCNC(=NCCC(=O)N1CCN(c2ncccn2)CC1)N(C)Cc1ccccc1. The van der Waals surface area contributed by atoms with Gasteiger partial charge in [0.1, 0.15) is 0 Å². The molecule has 0 radical (unpaired) electrons. The zero-order valence-corrected chi connectivity index (χ0v) is 17.9. The molecule has 0 saturated carbocycles. The molecule has 1 amide bonds. The van der Waals surface area contributed by atoms with Crippen LogP contribution in [-0.2, 0) is 11.3 Å². The lowest BCUT2D eigenvalue weighted by Gasteiger charge is -2.34. The molecule has 1 saturated heterocycles. The van der Waals surface area contributed by atoms with Gasteiger partial charge in [0.05, 0.1) is 6.54 Å². The number of nitrogens with zero attached hydrogens (tertiary/aromatic N) is 6. The molecule has 2 heterocycles. The molecule has 1 aliphatic rings. The molecule has 1 aromatic carbocycles. The Morgan fingerprint density at radius 2 is 1.80 bits per heavy atom. The van der Waals surface area contributed by atoms with Crippen LogP contribution in [0.4, 0.5) is 5.95 Å². The fraction of sp³-hybridized carbons (Fsp3) is 0.455. The van der Waals surface area contributed by atoms with Gasteiger partial charge in [0.2, 0.25) is 11.9 Å². The maximum absolute atomic E-state index is 12.6. The highest BCUT2D eigenvalue weighted by atomic mass is 16.2. The molecule has 0 spiro atoms. The molecule has 8 nitrogen and oxygen atoms in total. The Morgan fingerprint density at radius 3 is 2.47 bits per heavy atom. The highest BCUT2D eigenvalue weighted by Gasteiger charge is 2.22. The van der Waals surface area contributed by atoms with E-state index in [9.17, 15) is 4.79 Å². The van der Waals surface area contributed by atoms with Crippen LogP contribution in [-0.4, -0.2) is 78.0 Å². The summed E-state index contributed by atoms with van der Waals surface area (Å²) >= 11 is 0. The third-order valence-electron chi connectivity index (χ3n) is 5.01. The lowest BCUT2D eigenvalue weighted by molar-refractivity contribution is -0.131. The molecular weight excluding hydrogens is 378 g/mol. The second kappa shape index (κ2) is 11.1. The lowest BCUT2D eigenvalue weighted by atomic mass is 10.2. The van der Waals surface area contributed by atoms with Crippen LogP contribution in [0.2, 0.25) is 0 Å². The summed E-state index contributed by atoms with van der Waals surface area (Å²) in [5.74, 6) is 1.69. The summed E-state index contributed by atoms with van der Waals surface area (Å²) in [6.45, 7) is 6.96. The van der Waals surface area contributed by atoms with Gasteiger partial charge in [-0.25, -0.2) is 9.97 Å². The number of carbonyl (C=O) groups excluding carboxylic acids is 1. The van der Waals surface area contributed by atoms with Crippen molar-refractivity contribution in [2.45, 2.75) is 19.9 Å². The van der Waals surface area contributed by atoms with Crippen LogP contribution >= 0.6 is 0 Å². The highest BCUT2D eigenvalue weighted by molar-refractivity contribution is 5.81. The zero-order valence-electron chi connectivity index (χ0n) is 17.9. The molecule has 0 atom stereocenters. The first-order chi connectivity index (χ1) is 14.7. The van der Waals surface area contributed by atoms with Crippen LogP contribution in [0.25, 0.3) is 0 Å². The number of guanidine groups is 1. The number of benzene rings is 1. The molecule has 30 heavy (non-hydrogen) atoms. The predicted octanol–water partition coefficient (Wildman–Crippen LogP) is 1.61. The Kier molecular flexibility index (Phi) is 8.00. The van der Waals surface area contributed by atoms with Crippen molar-refractivity contribution in [2.24, 2.45) is 4.99 Å². The van der Waals surface area contributed by atoms with Crippen molar-refractivity contribution in [2.75, 3.05) is 51.2 Å². The van der Waals surface area contributed by atoms with E-state index in [2.05, 4.69) is 42.2 Å². The number of hydrogen-bond acceptors (Lipinski definition) is 5. The summed E-state index contributed by atoms with van der Waals surface area (Å²) in [5, 5.41) is 3.31. The van der Waals surface area contributed by atoms with Gasteiger partial charge >= 0.3 is 0 Å². The number of anilines is 1. The third kappa shape index (κ3) is 6.17. The van der Waals surface area contributed by atoms with Crippen molar-refractivity contribution >= 4 is 17.8 Å². The van der Waals surface area contributed by atoms with Gasteiger partial charge in [-0.05, 0) is 18.6 Å². The normalized spacial score (nSPS) is 14.5. The quantitative estimate of drug-likeness (QED) is 0.553. The van der Waals surface area contributed by atoms with Gasteiger partial charge in [0.25, 0.3) is 0 Å². The van der Waals surface area contributed by atoms with E-state index >= 15 is 0 Å². The average molecular weight is 410 g/mol. The van der Waals surface area contributed by atoms with Crippen LogP contribution in [0.5, 0.6) is 0 Å². The molecule has 3 rings (SSSR count). The molecule has 1 fully saturated rings. The Labute approximate surface area is 178 Å². The van der Waals surface area contributed by atoms with Crippen LogP contribution in [0.3, 0.4) is 0 Å². The number of hydrogen-bond donors (Lipinski definition) is 1. The van der Waals surface area contributed by atoms with E-state index in [1.807, 2.05) is 43.1 Å². The van der Waals surface area contributed by atoms with Crippen LogP contribution in [0.1, 0.15) is 18.9 Å². The Bertz CT molecular complexity index is 805. The Hall–Kier alpha value is -3.16. The molecule has 1 aliphatic heterocycles. The van der Waals surface area contributed by atoms with Gasteiger partial charge in [-0.15, -0.1) is 0 Å². The van der Waals surface area contributed by atoms with Crippen molar-refractivity contribution < 1.29 is 4.79 Å². The molecule has 0 aliphatic carbocycles. The Morgan fingerprint density at radius 1 is 1.10 bits per heavy atom. The minimum Gasteiger partial charge on any atom is -0.357 e. The molecule has 160 valence electrons. The van der Waals surface area contributed by atoms with Crippen LogP contribution < -0.4 is 10.2 Å². The van der Waals surface area contributed by atoms with Crippen LogP contribution in [0, 0.1) is 0 Å². The van der Waals surface area contributed by atoms with E-state index in [0.717, 1.165) is 38.1 Å². The summed E-state index contributed by atoms with van der Waals surface area (Å²) in [4.78, 5) is 32.0. The minimum absolute atomic E-state index is 0.147. The molecule has 1 aromatic heterocycles. The van der Waals surface area contributed by atoms with Crippen LogP contribution in [0.15, 0.2) is 53.8 Å². The zero-order chi connectivity index (χ0) is 21.2. The smallest absolute Gasteiger partial charge is 0.225 e. The van der Waals surface area contributed by atoms with Gasteiger partial charge in [0.15, 0.2) is 5.96 Å². The van der Waals surface area contributed by atoms with E-state index in [-0.39, 0.29) is 5.91 Å². The summed E-state index contributed by atoms with van der Waals surface area (Å²) in [5.41, 5.74) is 1.22. The largest absolute Gasteiger partial charge is 0.357 e. The predicted molar refractivity (Wildman–Crippen MR) is 119 cm³/mol. The number of piperazine rings is 1. The summed E-state index contributed by atoms with van der Waals surface area (Å²) < 4.78 is 0. The first-order valence-electron chi connectivity index (χ1n) is 10.5. The third-order valence-corrected chi connectivity index (χ3v) is 5.01. The fourth-order valence-corrected chi connectivity index (χ4v) is 3.43. The van der Waals surface area contributed by atoms with Gasteiger partial charge in [-0.1, -0.05) is 30.3 Å². The minimum atomic E-state index is 0.147. The molecule has 0 unspecified atom stereocenters. The second-order valence-electron chi connectivity index (χ2n) is 7.24. The van der Waals surface area contributed by atoms with E-state index < -0.39 is 0 Å². The van der Waals surface area contributed by atoms with Crippen molar-refractivity contribution in [3.8, 4) is 0 Å². The van der Waals surface area contributed by atoms with Gasteiger partial charge in [-0.3, -0.25) is 9.79 Å². The highest BCUT2D eigenvalue weighted by Crippen LogP contribution is 2.10. The summed E-state index contributed by atoms with van der Waals surface area (Å²) in [6, 6.07) is 12.1. The van der Waals surface area contributed by atoms with Gasteiger partial charge in [0, 0.05) is 65.1 Å². The number of amides is 1. The number of carbonyl (C=O) groups is 1. The molecular formula is C22H31N7O. The standard InChI is InChI=1S/C22H31N7O/c1-3-23-21(27(2)18-19-8-5-4-6-9-19)26-13-10-20(30)28-14-16-29(17-15-28)22-24-11-7-12-25-22/h4-9,11-12H,3,10,13-18H2,1-2H3,(H,23,26). The van der Waals surface area contributed by atoms with Gasteiger partial charge in [-0.2, -0.15) is 0 Å². The van der Waals surface area contributed by atoms with E-state index in [0.29, 0.717) is 26.1 Å². The average Bonchev–Trinajstić information content (AvgIpc) is 2.79. The Balaban J connectivity index is 1.47. The number of rotatable bonds is 7. The van der Waals surface area contributed by atoms with Crippen molar-refractivity contribution in [3.05, 3.63) is 54.4 Å². The molecule has 1 N–H and O–H groups in total. The summed E-state index contributed by atoms with van der Waals surface area (Å²) in [7, 11) is 2.02. The van der Waals surface area contributed by atoms with E-state index in [4.69, 9.17) is 0 Å². The molecule has 2 aromatic rings. The van der Waals surface area contributed by atoms with Crippen molar-refractivity contribution in [3.63, 3.8) is 0 Å². The number of aromatic nitrogens is 2. The van der Waals surface area contributed by atoms with Crippen molar-refractivity contribution in [1.82, 2.24) is 25.1 Å². The monoisotopic (exact) mass is 409 g/mol. The van der Waals surface area contributed by atoms with Gasteiger partial charge < -0.3 is 20.0 Å². The van der Waals surface area contributed by atoms with E-state index in [1.54, 1.807) is 12.4 Å². The van der Waals surface area contributed by atoms with E-state index in [1.165, 1.54) is 5.56 Å². The second-order valence-corrected chi connectivity index (χ2v) is 7.24. The first-order valence-corrected chi connectivity index (χ1v) is 10.5. The topological polar surface area (TPSA) is 77.0 Å². The fourth-order valence-electron chi connectivity index (χ4n) is 3.43. The molecule has 0 bridgehead atoms. The first kappa shape index (κ1) is 21.5. The lowest BCUT2D eigenvalue weighted by Crippen LogP contribution is -2.49.